The first kappa shape index (κ1) is 32.9. The van der Waals surface area contributed by atoms with Crippen LogP contribution in [0.25, 0.3) is 11.5 Å². The number of benzene rings is 2. The van der Waals surface area contributed by atoms with E-state index in [1.165, 1.54) is 32.0 Å². The summed E-state index contributed by atoms with van der Waals surface area (Å²) in [5.41, 5.74) is -2.43. The van der Waals surface area contributed by atoms with Crippen LogP contribution in [-0.2, 0) is 22.7 Å². The molecule has 1 aliphatic rings. The van der Waals surface area contributed by atoms with Gasteiger partial charge in [0, 0.05) is 42.9 Å². The Morgan fingerprint density at radius 2 is 1.86 bits per heavy atom. The molecule has 0 radical (unpaired) electrons. The minimum Gasteiger partial charge on any atom is -0.419 e. The summed E-state index contributed by atoms with van der Waals surface area (Å²) in [6, 6.07) is 10.0. The van der Waals surface area contributed by atoms with E-state index in [0.29, 0.717) is 17.3 Å². The van der Waals surface area contributed by atoms with Crippen molar-refractivity contribution in [2.45, 2.75) is 58.2 Å². The van der Waals surface area contributed by atoms with Crippen LogP contribution in [0.3, 0.4) is 0 Å². The van der Waals surface area contributed by atoms with Gasteiger partial charge in [-0.3, -0.25) is 4.79 Å². The summed E-state index contributed by atoms with van der Waals surface area (Å²) >= 11 is 0. The number of carbonyl (C=O) groups excluding carboxylic acids is 1. The standard InChI is InChI=1S/C29H25F6N5O2.CH4/c1-17(29(33,34)35)10-12-39(4)19-7-5-18(6-8-19)15-40-23-13-20(25-37-38-26(42-25)27(2,3)16-36)22(30)14-21(23)28(31,32)11-9-24(40)41;/h5-8,10,12-14H,1,9,11,15H2,2-4H3;1H4/b12-10-;. The molecule has 7 nitrogen and oxygen atoms in total. The highest BCUT2D eigenvalue weighted by Crippen LogP contribution is 2.45. The quantitative estimate of drug-likeness (QED) is 0.202. The first-order chi connectivity index (χ1) is 19.5. The summed E-state index contributed by atoms with van der Waals surface area (Å²) in [7, 11) is 1.53. The normalized spacial score (nSPS) is 15.0. The Hall–Kier alpha value is -4.60. The number of aromatic nitrogens is 2. The number of halogens is 6. The van der Waals surface area contributed by atoms with Gasteiger partial charge in [0.05, 0.1) is 23.9 Å². The van der Waals surface area contributed by atoms with Gasteiger partial charge in [-0.1, -0.05) is 26.1 Å². The van der Waals surface area contributed by atoms with Crippen molar-refractivity contribution in [3.63, 3.8) is 0 Å². The third-order valence-electron chi connectivity index (χ3n) is 6.74. The molecule has 43 heavy (non-hydrogen) atoms. The molecule has 0 saturated carbocycles. The van der Waals surface area contributed by atoms with Gasteiger partial charge in [-0.25, -0.2) is 13.2 Å². The second-order valence-electron chi connectivity index (χ2n) is 10.3. The molecule has 0 aliphatic carbocycles. The Kier molecular flexibility index (Phi) is 9.14. The van der Waals surface area contributed by atoms with Crippen molar-refractivity contribution in [3.8, 4) is 17.5 Å². The number of carbonyl (C=O) groups is 1. The molecule has 0 N–H and O–H groups in total. The summed E-state index contributed by atoms with van der Waals surface area (Å²) < 4.78 is 89.0. The van der Waals surface area contributed by atoms with E-state index in [2.05, 4.69) is 16.8 Å². The van der Waals surface area contributed by atoms with E-state index < -0.39 is 53.2 Å². The Morgan fingerprint density at radius 1 is 1.21 bits per heavy atom. The average Bonchev–Trinajstić information content (AvgIpc) is 3.41. The van der Waals surface area contributed by atoms with Crippen molar-refractivity contribution in [2.75, 3.05) is 16.8 Å². The zero-order valence-corrected chi connectivity index (χ0v) is 22.8. The van der Waals surface area contributed by atoms with Gasteiger partial charge in [-0.2, -0.15) is 18.4 Å². The number of nitriles is 1. The van der Waals surface area contributed by atoms with Crippen LogP contribution in [0.2, 0.25) is 0 Å². The lowest BCUT2D eigenvalue weighted by Gasteiger charge is -2.25. The van der Waals surface area contributed by atoms with E-state index >= 15 is 13.2 Å². The maximum atomic E-state index is 15.2. The van der Waals surface area contributed by atoms with Crippen LogP contribution in [0.1, 0.15) is 51.1 Å². The van der Waals surface area contributed by atoms with Crippen molar-refractivity contribution >= 4 is 17.3 Å². The van der Waals surface area contributed by atoms with Crippen LogP contribution in [0.5, 0.6) is 0 Å². The fourth-order valence-corrected chi connectivity index (χ4v) is 4.12. The predicted molar refractivity (Wildman–Crippen MR) is 149 cm³/mol. The maximum absolute atomic E-state index is 15.2. The van der Waals surface area contributed by atoms with Gasteiger partial charge in [0.25, 0.3) is 11.8 Å². The van der Waals surface area contributed by atoms with Gasteiger partial charge in [-0.15, -0.1) is 10.2 Å². The van der Waals surface area contributed by atoms with Crippen molar-refractivity contribution in [2.24, 2.45) is 0 Å². The summed E-state index contributed by atoms with van der Waals surface area (Å²) in [5, 5.41) is 16.9. The molecule has 13 heteroatoms. The molecular weight excluding hydrogens is 576 g/mol. The fraction of sp³-hybridized carbons (Fsp3) is 0.333. The lowest BCUT2D eigenvalue weighted by atomic mass is 9.96. The van der Waals surface area contributed by atoms with Crippen LogP contribution < -0.4 is 9.80 Å². The first-order valence-corrected chi connectivity index (χ1v) is 12.6. The Morgan fingerprint density at radius 3 is 2.47 bits per heavy atom. The average molecular weight is 606 g/mol. The van der Waals surface area contributed by atoms with Crippen molar-refractivity contribution < 1.29 is 35.6 Å². The van der Waals surface area contributed by atoms with Gasteiger partial charge >= 0.3 is 6.18 Å². The number of hydrogen-bond acceptors (Lipinski definition) is 6. The number of allylic oxidation sites excluding steroid dienone is 2. The van der Waals surface area contributed by atoms with Gasteiger partial charge in [0.1, 0.15) is 11.2 Å². The molecule has 2 aromatic carbocycles. The molecule has 228 valence electrons. The van der Waals surface area contributed by atoms with Gasteiger partial charge in [0.15, 0.2) is 0 Å². The predicted octanol–water partition coefficient (Wildman–Crippen LogP) is 7.80. The lowest BCUT2D eigenvalue weighted by molar-refractivity contribution is -0.120. The highest BCUT2D eigenvalue weighted by atomic mass is 19.4. The zero-order chi connectivity index (χ0) is 31.0. The second-order valence-corrected chi connectivity index (χ2v) is 10.3. The molecule has 3 aromatic rings. The third kappa shape index (κ3) is 6.90. The van der Waals surface area contributed by atoms with Crippen molar-refractivity contribution in [3.05, 3.63) is 83.7 Å². The molecule has 4 rings (SSSR count). The minimum atomic E-state index is -4.56. The van der Waals surface area contributed by atoms with E-state index in [4.69, 9.17) is 4.42 Å². The zero-order valence-electron chi connectivity index (χ0n) is 22.8. The number of amides is 1. The van der Waals surface area contributed by atoms with E-state index in [0.717, 1.165) is 17.0 Å². The summed E-state index contributed by atoms with van der Waals surface area (Å²) in [6.45, 7) is 5.85. The van der Waals surface area contributed by atoms with Crippen molar-refractivity contribution in [1.29, 1.82) is 5.26 Å². The molecule has 0 atom stereocenters. The first-order valence-electron chi connectivity index (χ1n) is 12.6. The fourth-order valence-electron chi connectivity index (χ4n) is 4.12. The largest absolute Gasteiger partial charge is 0.419 e. The van der Waals surface area contributed by atoms with Crippen LogP contribution in [0.4, 0.5) is 37.7 Å². The Labute approximate surface area is 244 Å². The number of fused-ring (bicyclic) bond motifs is 1. The topological polar surface area (TPSA) is 86.3 Å². The number of nitrogens with zero attached hydrogens (tertiary/aromatic N) is 5. The molecule has 0 bridgehead atoms. The van der Waals surface area contributed by atoms with E-state index in [1.54, 1.807) is 24.3 Å². The molecule has 1 aliphatic heterocycles. The Balaban J connectivity index is 0.00000506. The maximum Gasteiger partial charge on any atom is 0.415 e. The minimum absolute atomic E-state index is 0. The summed E-state index contributed by atoms with van der Waals surface area (Å²) in [4.78, 5) is 15.6. The number of anilines is 2. The molecule has 0 saturated heterocycles. The summed E-state index contributed by atoms with van der Waals surface area (Å²) in [6.07, 6.45) is -3.87. The molecule has 0 fully saturated rings. The van der Waals surface area contributed by atoms with Gasteiger partial charge in [-0.05, 0) is 49.8 Å². The van der Waals surface area contributed by atoms with Crippen LogP contribution in [0.15, 0.2) is 65.2 Å². The second kappa shape index (κ2) is 11.9. The number of alkyl halides is 5. The molecule has 1 amide bonds. The van der Waals surface area contributed by atoms with Crippen LogP contribution in [0, 0.1) is 17.1 Å². The van der Waals surface area contributed by atoms with Crippen molar-refractivity contribution in [1.82, 2.24) is 10.2 Å². The van der Waals surface area contributed by atoms with E-state index in [-0.39, 0.29) is 37.0 Å². The molecule has 2 heterocycles. The third-order valence-corrected chi connectivity index (χ3v) is 6.74. The molecule has 0 spiro atoms. The molecular formula is C30H29F6N5O2. The van der Waals surface area contributed by atoms with E-state index in [9.17, 15) is 23.2 Å². The highest BCUT2D eigenvalue weighted by Gasteiger charge is 2.41. The molecule has 0 unspecified atom stereocenters. The van der Waals surface area contributed by atoms with Gasteiger partial charge in [0.2, 0.25) is 11.8 Å². The van der Waals surface area contributed by atoms with Gasteiger partial charge < -0.3 is 14.2 Å². The molecule has 1 aromatic heterocycles. The van der Waals surface area contributed by atoms with Crippen LogP contribution >= 0.6 is 0 Å². The summed E-state index contributed by atoms with van der Waals surface area (Å²) in [5.74, 6) is -5.65. The lowest BCUT2D eigenvalue weighted by Crippen LogP contribution is -2.29. The Bertz CT molecular complexity index is 1590. The van der Waals surface area contributed by atoms with Crippen LogP contribution in [-0.4, -0.2) is 29.3 Å². The smallest absolute Gasteiger partial charge is 0.415 e. The monoisotopic (exact) mass is 605 g/mol. The SMILES string of the molecule is C.C=C(/C=C\N(C)c1ccc(CN2C(=O)CCC(F)(F)c3cc(F)c(-c4nnc(C(C)(C)C#N)o4)cc32)cc1)C(F)(F)F. The highest BCUT2D eigenvalue weighted by molar-refractivity contribution is 5.96. The number of rotatable bonds is 7. The number of hydrogen-bond donors (Lipinski definition) is 0. The van der Waals surface area contributed by atoms with E-state index in [1.807, 2.05) is 6.07 Å².